The van der Waals surface area contributed by atoms with Gasteiger partial charge in [0.25, 0.3) is 5.91 Å². The van der Waals surface area contributed by atoms with Crippen LogP contribution in [0.15, 0.2) is 48.5 Å². The highest BCUT2D eigenvalue weighted by Crippen LogP contribution is 2.19. The summed E-state index contributed by atoms with van der Waals surface area (Å²) >= 11 is 0. The van der Waals surface area contributed by atoms with Crippen molar-refractivity contribution in [2.24, 2.45) is 0 Å². The third-order valence-corrected chi connectivity index (χ3v) is 6.14. The summed E-state index contributed by atoms with van der Waals surface area (Å²) in [6, 6.07) is 12.8. The fourth-order valence-electron chi connectivity index (χ4n) is 2.48. The average Bonchev–Trinajstić information content (AvgIpc) is 2.73. The molecule has 2 aromatic rings. The van der Waals surface area contributed by atoms with E-state index in [1.165, 1.54) is 13.1 Å². The Kier molecular flexibility index (Phi) is 7.78. The number of carbonyl (C=O) groups excluding carboxylic acids is 2. The van der Waals surface area contributed by atoms with E-state index in [9.17, 15) is 18.0 Å². The summed E-state index contributed by atoms with van der Waals surface area (Å²) in [4.78, 5) is 24.4. The smallest absolute Gasteiger partial charge is 0.338 e. The summed E-state index contributed by atoms with van der Waals surface area (Å²) in [6.07, 6.45) is 1.76. The van der Waals surface area contributed by atoms with Crippen LogP contribution in [0.25, 0.3) is 0 Å². The third kappa shape index (κ3) is 6.05. The highest BCUT2D eigenvalue weighted by atomic mass is 32.2. The quantitative estimate of drug-likeness (QED) is 0.495. The maximum atomic E-state index is 12.5. The van der Waals surface area contributed by atoms with Crippen molar-refractivity contribution in [3.63, 3.8) is 0 Å². The number of hydrogen-bond acceptors (Lipinski definition) is 5. The molecule has 2 aromatic carbocycles. The molecule has 0 atom stereocenters. The standard InChI is InChI=1S/C21H26N2O5S/c1-4-6-14-28-21(25)16-10-12-18(13-11-16)22-20(24)17-8-7-9-19(15-17)23(3)29(26,27)5-2/h7-13,15H,4-6,14H2,1-3H3,(H,22,24). The normalized spacial score (nSPS) is 11.0. The van der Waals surface area contributed by atoms with Gasteiger partial charge in [0.2, 0.25) is 10.0 Å². The SMILES string of the molecule is CCCCOC(=O)c1ccc(NC(=O)c2cccc(N(C)S(=O)(=O)CC)c2)cc1. The minimum Gasteiger partial charge on any atom is -0.462 e. The first kappa shape index (κ1) is 22.4. The number of esters is 1. The van der Waals surface area contributed by atoms with E-state index in [1.807, 2.05) is 6.92 Å². The van der Waals surface area contributed by atoms with E-state index in [4.69, 9.17) is 4.74 Å². The lowest BCUT2D eigenvalue weighted by Gasteiger charge is -2.19. The number of rotatable bonds is 9. The Balaban J connectivity index is 2.07. The first-order valence-corrected chi connectivity index (χ1v) is 11.0. The maximum absolute atomic E-state index is 12.5. The summed E-state index contributed by atoms with van der Waals surface area (Å²) in [6.45, 7) is 3.96. The number of carbonyl (C=O) groups is 2. The van der Waals surface area contributed by atoms with Crippen LogP contribution >= 0.6 is 0 Å². The molecule has 0 aliphatic rings. The van der Waals surface area contributed by atoms with Crippen molar-refractivity contribution < 1.29 is 22.7 Å². The van der Waals surface area contributed by atoms with Gasteiger partial charge in [-0.3, -0.25) is 9.10 Å². The van der Waals surface area contributed by atoms with Crippen molar-refractivity contribution in [3.05, 3.63) is 59.7 Å². The summed E-state index contributed by atoms with van der Waals surface area (Å²) in [5.74, 6) is -0.815. The van der Waals surface area contributed by atoms with Gasteiger partial charge in [-0.05, 0) is 55.8 Å². The fourth-order valence-corrected chi connectivity index (χ4v) is 3.30. The zero-order chi connectivity index (χ0) is 21.4. The van der Waals surface area contributed by atoms with Crippen molar-refractivity contribution in [1.29, 1.82) is 0 Å². The van der Waals surface area contributed by atoms with Gasteiger partial charge >= 0.3 is 5.97 Å². The summed E-state index contributed by atoms with van der Waals surface area (Å²) in [5, 5.41) is 2.74. The van der Waals surface area contributed by atoms with E-state index in [0.717, 1.165) is 17.1 Å². The Morgan fingerprint density at radius 1 is 1.03 bits per heavy atom. The van der Waals surface area contributed by atoms with Crippen molar-refractivity contribution >= 4 is 33.3 Å². The minimum absolute atomic E-state index is 0.0346. The fraction of sp³-hybridized carbons (Fsp3) is 0.333. The van der Waals surface area contributed by atoms with Crippen LogP contribution in [0.4, 0.5) is 11.4 Å². The molecule has 0 radical (unpaired) electrons. The van der Waals surface area contributed by atoms with Gasteiger partial charge in [-0.1, -0.05) is 19.4 Å². The zero-order valence-corrected chi connectivity index (χ0v) is 17.7. The van der Waals surface area contributed by atoms with Crippen LogP contribution in [0, 0.1) is 0 Å². The summed E-state index contributed by atoms with van der Waals surface area (Å²) in [5.41, 5.74) is 1.65. The van der Waals surface area contributed by atoms with E-state index >= 15 is 0 Å². The lowest BCUT2D eigenvalue weighted by molar-refractivity contribution is 0.0499. The Hall–Kier alpha value is -2.87. The Morgan fingerprint density at radius 2 is 1.72 bits per heavy atom. The molecule has 0 bridgehead atoms. The van der Waals surface area contributed by atoms with Crippen LogP contribution in [-0.4, -0.2) is 39.7 Å². The number of sulfonamides is 1. The highest BCUT2D eigenvalue weighted by Gasteiger charge is 2.17. The Morgan fingerprint density at radius 3 is 2.34 bits per heavy atom. The Bertz CT molecular complexity index is 955. The van der Waals surface area contributed by atoms with Crippen LogP contribution in [0.5, 0.6) is 0 Å². The molecule has 0 aliphatic heterocycles. The second-order valence-corrected chi connectivity index (χ2v) is 8.73. The highest BCUT2D eigenvalue weighted by molar-refractivity contribution is 7.92. The number of amides is 1. The summed E-state index contributed by atoms with van der Waals surface area (Å²) in [7, 11) is -1.96. The van der Waals surface area contributed by atoms with E-state index < -0.39 is 16.0 Å². The van der Waals surface area contributed by atoms with Gasteiger partial charge in [-0.15, -0.1) is 0 Å². The molecule has 0 aliphatic carbocycles. The van der Waals surface area contributed by atoms with Crippen molar-refractivity contribution in [3.8, 4) is 0 Å². The number of nitrogens with zero attached hydrogens (tertiary/aromatic N) is 1. The van der Waals surface area contributed by atoms with Crippen LogP contribution in [0.2, 0.25) is 0 Å². The molecule has 0 unspecified atom stereocenters. The molecular formula is C21H26N2O5S. The molecule has 0 saturated carbocycles. The van der Waals surface area contributed by atoms with E-state index in [1.54, 1.807) is 49.4 Å². The summed E-state index contributed by atoms with van der Waals surface area (Å²) < 4.78 is 30.4. The van der Waals surface area contributed by atoms with Gasteiger partial charge in [0.1, 0.15) is 0 Å². The van der Waals surface area contributed by atoms with E-state index in [0.29, 0.717) is 29.1 Å². The first-order valence-electron chi connectivity index (χ1n) is 9.43. The van der Waals surface area contributed by atoms with Crippen LogP contribution in [-0.2, 0) is 14.8 Å². The molecule has 0 saturated heterocycles. The lowest BCUT2D eigenvalue weighted by Crippen LogP contribution is -2.28. The maximum Gasteiger partial charge on any atom is 0.338 e. The minimum atomic E-state index is -3.42. The molecular weight excluding hydrogens is 392 g/mol. The molecule has 0 heterocycles. The van der Waals surface area contributed by atoms with Gasteiger partial charge in [0.05, 0.1) is 23.6 Å². The first-order chi connectivity index (χ1) is 13.8. The van der Waals surface area contributed by atoms with Gasteiger partial charge < -0.3 is 10.1 Å². The average molecular weight is 419 g/mol. The van der Waals surface area contributed by atoms with E-state index in [2.05, 4.69) is 5.32 Å². The molecule has 2 rings (SSSR count). The number of anilines is 2. The van der Waals surface area contributed by atoms with Crippen molar-refractivity contribution in [2.75, 3.05) is 29.0 Å². The van der Waals surface area contributed by atoms with E-state index in [-0.39, 0.29) is 11.7 Å². The van der Waals surface area contributed by atoms with Crippen LogP contribution in [0.3, 0.4) is 0 Å². The van der Waals surface area contributed by atoms with Gasteiger partial charge in [-0.2, -0.15) is 0 Å². The topological polar surface area (TPSA) is 92.8 Å². The molecule has 0 spiro atoms. The number of benzene rings is 2. The second-order valence-electron chi connectivity index (χ2n) is 6.44. The predicted molar refractivity (Wildman–Crippen MR) is 114 cm³/mol. The zero-order valence-electron chi connectivity index (χ0n) is 16.8. The van der Waals surface area contributed by atoms with Crippen LogP contribution in [0.1, 0.15) is 47.4 Å². The molecule has 1 N–H and O–H groups in total. The number of hydrogen-bond donors (Lipinski definition) is 1. The molecule has 0 fully saturated rings. The van der Waals surface area contributed by atoms with Gasteiger partial charge in [0.15, 0.2) is 0 Å². The molecule has 156 valence electrons. The number of unbranched alkanes of at least 4 members (excludes halogenated alkanes) is 1. The molecule has 8 heteroatoms. The van der Waals surface area contributed by atoms with Gasteiger partial charge in [0, 0.05) is 18.3 Å². The molecule has 29 heavy (non-hydrogen) atoms. The monoisotopic (exact) mass is 418 g/mol. The third-order valence-electron chi connectivity index (χ3n) is 4.36. The lowest BCUT2D eigenvalue weighted by atomic mass is 10.1. The molecule has 7 nitrogen and oxygen atoms in total. The van der Waals surface area contributed by atoms with Crippen molar-refractivity contribution in [1.82, 2.24) is 0 Å². The van der Waals surface area contributed by atoms with Crippen LogP contribution < -0.4 is 9.62 Å². The number of ether oxygens (including phenoxy) is 1. The molecule has 1 amide bonds. The predicted octanol–water partition coefficient (Wildman–Crippen LogP) is 3.68. The Labute approximate surface area is 171 Å². The number of nitrogens with one attached hydrogen (secondary N) is 1. The largest absolute Gasteiger partial charge is 0.462 e. The van der Waals surface area contributed by atoms with Crippen molar-refractivity contribution in [2.45, 2.75) is 26.7 Å². The van der Waals surface area contributed by atoms with Gasteiger partial charge in [-0.25, -0.2) is 13.2 Å². The second kappa shape index (κ2) is 10.1. The molecule has 0 aromatic heterocycles.